The van der Waals surface area contributed by atoms with Crippen LogP contribution in [0.3, 0.4) is 0 Å². The number of halogens is 1. The van der Waals surface area contributed by atoms with Gasteiger partial charge >= 0.3 is 0 Å². The lowest BCUT2D eigenvalue weighted by Crippen LogP contribution is -2.41. The fourth-order valence-corrected chi connectivity index (χ4v) is 5.31. The monoisotopic (exact) mass is 475 g/mol. The van der Waals surface area contributed by atoms with Gasteiger partial charge in [-0.15, -0.1) is 0 Å². The highest BCUT2D eigenvalue weighted by atomic mass is 79.9. The molecule has 0 radical (unpaired) electrons. The summed E-state index contributed by atoms with van der Waals surface area (Å²) in [5, 5.41) is 5.44. The Kier molecular flexibility index (Phi) is 4.07. The van der Waals surface area contributed by atoms with Crippen molar-refractivity contribution in [3.63, 3.8) is 0 Å². The molecule has 0 aliphatic carbocycles. The predicted octanol–water partition coefficient (Wildman–Crippen LogP) is 2.16. The van der Waals surface area contributed by atoms with Crippen LogP contribution in [-0.2, 0) is 9.84 Å². The van der Waals surface area contributed by atoms with Gasteiger partial charge in [-0.1, -0.05) is 0 Å². The minimum Gasteiger partial charge on any atom is -0.383 e. The summed E-state index contributed by atoms with van der Waals surface area (Å²) >= 11 is 3.51. The van der Waals surface area contributed by atoms with Crippen LogP contribution in [-0.4, -0.2) is 57.6 Å². The van der Waals surface area contributed by atoms with Crippen molar-refractivity contribution in [2.24, 2.45) is 0 Å². The molecule has 0 bridgehead atoms. The molecule has 0 saturated carbocycles. The summed E-state index contributed by atoms with van der Waals surface area (Å²) in [7, 11) is -2.99. The molecule has 5 rings (SSSR count). The summed E-state index contributed by atoms with van der Waals surface area (Å²) in [6.45, 7) is 2.78. The molecule has 4 aromatic rings. The summed E-state index contributed by atoms with van der Waals surface area (Å²) in [5.74, 6) is 1.24. The van der Waals surface area contributed by atoms with E-state index in [0.717, 1.165) is 27.7 Å². The number of nitrogens with two attached hydrogens (primary N) is 1. The Bertz CT molecular complexity index is 1360. The summed E-state index contributed by atoms with van der Waals surface area (Å²) in [4.78, 5) is 14.4. The molecular formula is C18H18BrN7O2S. The van der Waals surface area contributed by atoms with Gasteiger partial charge in [-0.25, -0.2) is 18.4 Å². The van der Waals surface area contributed by atoms with Crippen LogP contribution >= 0.6 is 15.9 Å². The Morgan fingerprint density at radius 1 is 1.24 bits per heavy atom. The second-order valence-electron chi connectivity index (χ2n) is 7.16. The van der Waals surface area contributed by atoms with Crippen LogP contribution in [0.25, 0.3) is 27.8 Å². The first-order chi connectivity index (χ1) is 13.8. The molecule has 0 aromatic carbocycles. The molecule has 1 fully saturated rings. The van der Waals surface area contributed by atoms with Crippen molar-refractivity contribution in [2.75, 3.05) is 35.2 Å². The SMILES string of the molecule is Cc1c[nH]c2ncc(-c3cnn4c(N)c(Br)c(N5CCS(=O)(=O)CC5)nc34)cc12. The average Bonchev–Trinajstić information content (AvgIpc) is 3.28. The standard InChI is InChI=1S/C18H18BrN7O2S/c1-10-7-21-16-12(10)6-11(8-22-16)13-9-23-26-15(20)14(19)18(24-17(13)26)25-2-4-29(27,28)5-3-25/h6-9H,2-5,20H2,1H3,(H,21,22). The number of nitrogens with one attached hydrogen (secondary N) is 1. The molecule has 29 heavy (non-hydrogen) atoms. The molecule has 0 spiro atoms. The Morgan fingerprint density at radius 2 is 2.00 bits per heavy atom. The topological polar surface area (TPSA) is 122 Å². The highest BCUT2D eigenvalue weighted by Gasteiger charge is 2.26. The smallest absolute Gasteiger partial charge is 0.167 e. The molecule has 0 amide bonds. The van der Waals surface area contributed by atoms with Gasteiger partial charge in [0.15, 0.2) is 15.5 Å². The van der Waals surface area contributed by atoms with Crippen LogP contribution in [0.1, 0.15) is 5.56 Å². The van der Waals surface area contributed by atoms with Gasteiger partial charge in [0, 0.05) is 42.0 Å². The van der Waals surface area contributed by atoms with Gasteiger partial charge in [0.1, 0.15) is 21.8 Å². The van der Waals surface area contributed by atoms with E-state index >= 15 is 0 Å². The number of nitrogen functional groups attached to an aromatic ring is 1. The maximum atomic E-state index is 11.8. The van der Waals surface area contributed by atoms with Gasteiger partial charge in [0.2, 0.25) is 0 Å². The first-order valence-electron chi connectivity index (χ1n) is 9.06. The van der Waals surface area contributed by atoms with Crippen LogP contribution in [0.15, 0.2) is 29.1 Å². The van der Waals surface area contributed by atoms with Crippen LogP contribution in [0.5, 0.6) is 0 Å². The largest absolute Gasteiger partial charge is 0.383 e. The zero-order chi connectivity index (χ0) is 20.3. The Labute approximate surface area is 175 Å². The van der Waals surface area contributed by atoms with Crippen LogP contribution in [0, 0.1) is 6.92 Å². The van der Waals surface area contributed by atoms with Crippen molar-refractivity contribution >= 4 is 54.1 Å². The molecule has 0 unspecified atom stereocenters. The molecular weight excluding hydrogens is 458 g/mol. The number of aryl methyl sites for hydroxylation is 1. The van der Waals surface area contributed by atoms with Crippen molar-refractivity contribution in [3.05, 3.63) is 34.7 Å². The molecule has 3 N–H and O–H groups in total. The third-order valence-electron chi connectivity index (χ3n) is 5.30. The first-order valence-corrected chi connectivity index (χ1v) is 11.7. The normalized spacial score (nSPS) is 16.7. The quantitative estimate of drug-likeness (QED) is 0.455. The maximum absolute atomic E-state index is 11.8. The lowest BCUT2D eigenvalue weighted by molar-refractivity contribution is 0.586. The number of nitrogens with zero attached hydrogens (tertiary/aromatic N) is 5. The van der Waals surface area contributed by atoms with Gasteiger partial charge in [0.05, 0.1) is 17.7 Å². The summed E-state index contributed by atoms with van der Waals surface area (Å²) in [6, 6.07) is 2.05. The molecule has 1 aliphatic heterocycles. The Hall–Kier alpha value is -2.66. The first kappa shape index (κ1) is 18.4. The number of rotatable bonds is 2. The number of sulfone groups is 1. The molecule has 5 heterocycles. The number of aromatic nitrogens is 5. The van der Waals surface area contributed by atoms with Gasteiger partial charge in [0.25, 0.3) is 0 Å². The van der Waals surface area contributed by atoms with Gasteiger partial charge in [-0.3, -0.25) is 0 Å². The van der Waals surface area contributed by atoms with E-state index in [1.54, 1.807) is 16.9 Å². The molecule has 1 aliphatic rings. The van der Waals surface area contributed by atoms with Gasteiger partial charge in [-0.05, 0) is 34.5 Å². The van der Waals surface area contributed by atoms with Crippen molar-refractivity contribution in [3.8, 4) is 11.1 Å². The Balaban J connectivity index is 1.66. The second kappa shape index (κ2) is 6.42. The van der Waals surface area contributed by atoms with Crippen LogP contribution < -0.4 is 10.6 Å². The molecule has 1 saturated heterocycles. The van der Waals surface area contributed by atoms with Crippen LogP contribution in [0.4, 0.5) is 11.6 Å². The van der Waals surface area contributed by atoms with Crippen molar-refractivity contribution in [1.29, 1.82) is 0 Å². The van der Waals surface area contributed by atoms with E-state index in [0.29, 0.717) is 34.8 Å². The zero-order valence-corrected chi connectivity index (χ0v) is 18.0. The summed E-state index contributed by atoms with van der Waals surface area (Å²) < 4.78 is 25.8. The fraction of sp³-hybridized carbons (Fsp3) is 0.278. The lowest BCUT2D eigenvalue weighted by atomic mass is 10.1. The van der Waals surface area contributed by atoms with E-state index in [2.05, 4.69) is 37.1 Å². The van der Waals surface area contributed by atoms with Crippen LogP contribution in [0.2, 0.25) is 0 Å². The molecule has 4 aromatic heterocycles. The van der Waals surface area contributed by atoms with Crippen molar-refractivity contribution < 1.29 is 8.42 Å². The predicted molar refractivity (Wildman–Crippen MR) is 116 cm³/mol. The fourth-order valence-electron chi connectivity index (χ4n) is 3.60. The molecule has 0 atom stereocenters. The number of H-pyrrole nitrogens is 1. The number of aromatic amines is 1. The number of pyridine rings is 1. The lowest BCUT2D eigenvalue weighted by Gasteiger charge is -2.28. The molecule has 11 heteroatoms. The number of hydrogen-bond donors (Lipinski definition) is 2. The summed E-state index contributed by atoms with van der Waals surface area (Å²) in [6.07, 6.45) is 5.43. The number of anilines is 2. The zero-order valence-electron chi connectivity index (χ0n) is 15.6. The average molecular weight is 476 g/mol. The Morgan fingerprint density at radius 3 is 2.76 bits per heavy atom. The van der Waals surface area contributed by atoms with E-state index in [-0.39, 0.29) is 11.5 Å². The number of fused-ring (bicyclic) bond motifs is 2. The number of hydrogen-bond acceptors (Lipinski definition) is 7. The minimum atomic E-state index is -2.99. The minimum absolute atomic E-state index is 0.103. The van der Waals surface area contributed by atoms with Crippen molar-refractivity contribution in [2.45, 2.75) is 6.92 Å². The maximum Gasteiger partial charge on any atom is 0.167 e. The van der Waals surface area contributed by atoms with E-state index < -0.39 is 9.84 Å². The van der Waals surface area contributed by atoms with E-state index in [4.69, 9.17) is 10.7 Å². The molecule has 150 valence electrons. The highest BCUT2D eigenvalue weighted by Crippen LogP contribution is 2.35. The third kappa shape index (κ3) is 2.96. The van der Waals surface area contributed by atoms with E-state index in [1.165, 1.54) is 0 Å². The van der Waals surface area contributed by atoms with Gasteiger partial charge in [-0.2, -0.15) is 9.61 Å². The van der Waals surface area contributed by atoms with Crippen molar-refractivity contribution in [1.82, 2.24) is 24.6 Å². The van der Waals surface area contributed by atoms with Gasteiger partial charge < -0.3 is 15.6 Å². The molecule has 9 nitrogen and oxygen atoms in total. The van der Waals surface area contributed by atoms with E-state index in [1.807, 2.05) is 18.0 Å². The van der Waals surface area contributed by atoms with E-state index in [9.17, 15) is 8.42 Å². The summed E-state index contributed by atoms with van der Waals surface area (Å²) in [5.41, 5.74) is 10.5. The third-order valence-corrected chi connectivity index (χ3v) is 7.67. The second-order valence-corrected chi connectivity index (χ2v) is 10.3. The highest BCUT2D eigenvalue weighted by molar-refractivity contribution is 9.10.